The van der Waals surface area contributed by atoms with Crippen LogP contribution >= 0.6 is 0 Å². The molecule has 0 aromatic rings. The molecule has 0 N–H and O–H groups in total. The van der Waals surface area contributed by atoms with E-state index in [-0.39, 0.29) is 18.2 Å². The molecular weight excluding hydrogens is 144 g/mol. The van der Waals surface area contributed by atoms with Gasteiger partial charge in [-0.2, -0.15) is 0 Å². The number of amides is 2. The lowest BCUT2D eigenvalue weighted by molar-refractivity contribution is -0.145. The van der Waals surface area contributed by atoms with Gasteiger partial charge in [0, 0.05) is 0 Å². The average Bonchev–Trinajstić information content (AvgIpc) is 2.30. The fourth-order valence-electron chi connectivity index (χ4n) is 1.33. The SMILES string of the molecule is O=C1CC(=O)N2CC=CCN12. The molecule has 2 amide bonds. The van der Waals surface area contributed by atoms with Gasteiger partial charge < -0.3 is 0 Å². The molecule has 0 bridgehead atoms. The lowest BCUT2D eigenvalue weighted by atomic mass is 10.4. The highest BCUT2D eigenvalue weighted by atomic mass is 16.2. The first-order chi connectivity index (χ1) is 5.29. The molecule has 2 aliphatic rings. The Bertz CT molecular complexity index is 223. The summed E-state index contributed by atoms with van der Waals surface area (Å²) in [5, 5.41) is 2.98. The molecular formula is C7H8N2O2. The Labute approximate surface area is 64.0 Å². The van der Waals surface area contributed by atoms with Crippen LogP contribution in [0.2, 0.25) is 0 Å². The zero-order valence-corrected chi connectivity index (χ0v) is 5.99. The van der Waals surface area contributed by atoms with Crippen LogP contribution in [0, 0.1) is 0 Å². The number of hydrazine groups is 1. The molecule has 0 aliphatic carbocycles. The van der Waals surface area contributed by atoms with Crippen molar-refractivity contribution in [2.75, 3.05) is 13.1 Å². The van der Waals surface area contributed by atoms with Crippen LogP contribution in [0.25, 0.3) is 0 Å². The summed E-state index contributed by atoms with van der Waals surface area (Å²) in [7, 11) is 0. The molecule has 4 heteroatoms. The van der Waals surface area contributed by atoms with E-state index in [0.29, 0.717) is 13.1 Å². The predicted molar refractivity (Wildman–Crippen MR) is 37.2 cm³/mol. The number of hydrogen-bond donors (Lipinski definition) is 0. The van der Waals surface area contributed by atoms with Crippen molar-refractivity contribution in [3.05, 3.63) is 12.2 Å². The van der Waals surface area contributed by atoms with Crippen LogP contribution in [0.5, 0.6) is 0 Å². The quantitative estimate of drug-likeness (QED) is 0.348. The van der Waals surface area contributed by atoms with Gasteiger partial charge in [0.15, 0.2) is 0 Å². The second-order valence-electron chi connectivity index (χ2n) is 2.60. The first kappa shape index (κ1) is 6.39. The molecule has 1 saturated heterocycles. The third-order valence-electron chi connectivity index (χ3n) is 1.89. The minimum absolute atomic E-state index is 0.0433. The fraction of sp³-hybridized carbons (Fsp3) is 0.429. The van der Waals surface area contributed by atoms with Crippen LogP contribution in [0.3, 0.4) is 0 Å². The molecule has 58 valence electrons. The lowest BCUT2D eigenvalue weighted by Gasteiger charge is -2.28. The highest BCUT2D eigenvalue weighted by molar-refractivity contribution is 6.02. The second-order valence-corrected chi connectivity index (χ2v) is 2.60. The van der Waals surface area contributed by atoms with E-state index in [1.165, 1.54) is 10.0 Å². The molecule has 0 saturated carbocycles. The van der Waals surface area contributed by atoms with Crippen molar-refractivity contribution >= 4 is 11.8 Å². The molecule has 0 unspecified atom stereocenters. The van der Waals surface area contributed by atoms with Crippen molar-refractivity contribution < 1.29 is 9.59 Å². The first-order valence-electron chi connectivity index (χ1n) is 3.54. The van der Waals surface area contributed by atoms with Crippen molar-refractivity contribution in [3.63, 3.8) is 0 Å². The summed E-state index contributed by atoms with van der Waals surface area (Å²) >= 11 is 0. The third-order valence-corrected chi connectivity index (χ3v) is 1.89. The Morgan fingerprint density at radius 2 is 1.45 bits per heavy atom. The van der Waals surface area contributed by atoms with Crippen LogP contribution in [-0.4, -0.2) is 34.9 Å². The zero-order valence-electron chi connectivity index (χ0n) is 5.99. The van der Waals surface area contributed by atoms with Crippen molar-refractivity contribution in [2.24, 2.45) is 0 Å². The van der Waals surface area contributed by atoms with E-state index in [1.54, 1.807) is 0 Å². The number of nitrogens with zero attached hydrogens (tertiary/aromatic N) is 2. The lowest BCUT2D eigenvalue weighted by Crippen LogP contribution is -2.43. The molecule has 1 fully saturated rings. The molecule has 2 rings (SSSR count). The van der Waals surface area contributed by atoms with Gasteiger partial charge in [-0.25, -0.2) is 10.0 Å². The highest BCUT2D eigenvalue weighted by Gasteiger charge is 2.35. The van der Waals surface area contributed by atoms with Crippen LogP contribution in [0.4, 0.5) is 0 Å². The normalized spacial score (nSPS) is 22.9. The van der Waals surface area contributed by atoms with E-state index in [4.69, 9.17) is 0 Å². The van der Waals surface area contributed by atoms with Crippen LogP contribution < -0.4 is 0 Å². The van der Waals surface area contributed by atoms with E-state index >= 15 is 0 Å². The van der Waals surface area contributed by atoms with Gasteiger partial charge in [-0.1, -0.05) is 12.2 Å². The largest absolute Gasteiger partial charge is 0.272 e. The van der Waals surface area contributed by atoms with Crippen molar-refractivity contribution in [2.45, 2.75) is 6.42 Å². The summed E-state index contributed by atoms with van der Waals surface area (Å²) in [5.41, 5.74) is 0. The maximum Gasteiger partial charge on any atom is 0.250 e. The van der Waals surface area contributed by atoms with Gasteiger partial charge in [-0.3, -0.25) is 9.59 Å². The van der Waals surface area contributed by atoms with E-state index < -0.39 is 0 Å². The van der Waals surface area contributed by atoms with Crippen LogP contribution in [-0.2, 0) is 9.59 Å². The summed E-state index contributed by atoms with van der Waals surface area (Å²) in [6.07, 6.45) is 3.83. The minimum Gasteiger partial charge on any atom is -0.272 e. The van der Waals surface area contributed by atoms with Crippen molar-refractivity contribution in [1.82, 2.24) is 10.0 Å². The maximum atomic E-state index is 11.0. The molecule has 0 radical (unpaired) electrons. The number of carbonyl (C=O) groups excluding carboxylic acids is 2. The fourth-order valence-corrected chi connectivity index (χ4v) is 1.33. The molecule has 11 heavy (non-hydrogen) atoms. The summed E-state index contributed by atoms with van der Waals surface area (Å²) in [4.78, 5) is 22.1. The summed E-state index contributed by atoms with van der Waals surface area (Å²) in [6.45, 7) is 1.09. The smallest absolute Gasteiger partial charge is 0.250 e. The molecule has 0 aromatic carbocycles. The minimum atomic E-state index is -0.0839. The van der Waals surface area contributed by atoms with E-state index in [0.717, 1.165) is 0 Å². The van der Waals surface area contributed by atoms with Crippen molar-refractivity contribution in [3.8, 4) is 0 Å². The summed E-state index contributed by atoms with van der Waals surface area (Å²) in [5.74, 6) is -0.168. The average molecular weight is 152 g/mol. The third kappa shape index (κ3) is 0.824. The van der Waals surface area contributed by atoms with Gasteiger partial charge in [0.2, 0.25) is 0 Å². The Balaban J connectivity index is 2.28. The van der Waals surface area contributed by atoms with Gasteiger partial charge in [0.25, 0.3) is 11.8 Å². The van der Waals surface area contributed by atoms with E-state index in [2.05, 4.69) is 0 Å². The van der Waals surface area contributed by atoms with Gasteiger partial charge in [0.1, 0.15) is 6.42 Å². The topological polar surface area (TPSA) is 40.6 Å². The molecule has 2 aliphatic heterocycles. The molecule has 4 nitrogen and oxygen atoms in total. The predicted octanol–water partition coefficient (Wildman–Crippen LogP) is -0.468. The van der Waals surface area contributed by atoms with Crippen LogP contribution in [0.1, 0.15) is 6.42 Å². The van der Waals surface area contributed by atoms with Gasteiger partial charge in [-0.05, 0) is 0 Å². The monoisotopic (exact) mass is 152 g/mol. The Morgan fingerprint density at radius 3 is 1.91 bits per heavy atom. The second kappa shape index (κ2) is 2.08. The molecule has 0 aromatic heterocycles. The number of hydrogen-bond acceptors (Lipinski definition) is 2. The van der Waals surface area contributed by atoms with Gasteiger partial charge >= 0.3 is 0 Å². The molecule has 0 spiro atoms. The maximum absolute atomic E-state index is 11.0. The Hall–Kier alpha value is -1.32. The molecule has 2 heterocycles. The highest BCUT2D eigenvalue weighted by Crippen LogP contribution is 2.15. The van der Waals surface area contributed by atoms with Crippen molar-refractivity contribution in [1.29, 1.82) is 0 Å². The molecule has 0 atom stereocenters. The number of carbonyl (C=O) groups is 2. The number of fused-ring (bicyclic) bond motifs is 1. The van der Waals surface area contributed by atoms with E-state index in [9.17, 15) is 9.59 Å². The van der Waals surface area contributed by atoms with E-state index in [1.807, 2.05) is 12.2 Å². The Kier molecular flexibility index (Phi) is 1.21. The van der Waals surface area contributed by atoms with Gasteiger partial charge in [0.05, 0.1) is 13.1 Å². The standard InChI is InChI=1S/C7H8N2O2/c10-6-5-7(11)9-4-2-1-3-8(6)9/h1-2H,3-5H2. The first-order valence-corrected chi connectivity index (χ1v) is 3.54. The van der Waals surface area contributed by atoms with Gasteiger partial charge in [-0.15, -0.1) is 0 Å². The summed E-state index contributed by atoms with van der Waals surface area (Å²) in [6, 6.07) is 0. The van der Waals surface area contributed by atoms with Crippen LogP contribution in [0.15, 0.2) is 12.2 Å². The number of rotatable bonds is 0. The Morgan fingerprint density at radius 1 is 1.00 bits per heavy atom. The summed E-state index contributed by atoms with van der Waals surface area (Å²) < 4.78 is 0. The zero-order chi connectivity index (χ0) is 7.84.